The largest absolute Gasteiger partial charge is 0.488 e. The van der Waals surface area contributed by atoms with Crippen LogP contribution in [0.15, 0.2) is 24.3 Å². The van der Waals surface area contributed by atoms with Crippen molar-refractivity contribution in [2.24, 2.45) is 0 Å². The maximum absolute atomic E-state index is 6.02. The van der Waals surface area contributed by atoms with E-state index in [1.165, 1.54) is 3.57 Å². The summed E-state index contributed by atoms with van der Waals surface area (Å²) in [5.41, 5.74) is 0. The van der Waals surface area contributed by atoms with Gasteiger partial charge in [0.1, 0.15) is 18.0 Å². The first kappa shape index (κ1) is 15.1. The van der Waals surface area contributed by atoms with E-state index in [0.29, 0.717) is 6.04 Å². The van der Waals surface area contributed by atoms with Crippen LogP contribution in [0.2, 0.25) is 0 Å². The summed E-state index contributed by atoms with van der Waals surface area (Å²) in [5.74, 6) is 0.936. The predicted molar refractivity (Wildman–Crippen MR) is 85.7 cm³/mol. The first-order valence-electron chi connectivity index (χ1n) is 7.01. The summed E-state index contributed by atoms with van der Waals surface area (Å²) in [6, 6.07) is 8.62. The summed E-state index contributed by atoms with van der Waals surface area (Å²) in [6.07, 6.45) is 2.43. The first-order chi connectivity index (χ1) is 9.24. The molecule has 0 spiro atoms. The summed E-state index contributed by atoms with van der Waals surface area (Å²) >= 11 is 2.30. The van der Waals surface area contributed by atoms with Gasteiger partial charge in [-0.3, -0.25) is 0 Å². The zero-order chi connectivity index (χ0) is 13.7. The minimum Gasteiger partial charge on any atom is -0.488 e. The van der Waals surface area contributed by atoms with Crippen LogP contribution < -0.4 is 10.1 Å². The molecule has 3 atom stereocenters. The molecule has 2 rings (SSSR count). The van der Waals surface area contributed by atoms with E-state index in [1.807, 2.05) is 12.1 Å². The number of rotatable bonds is 7. The number of ether oxygens (including phenoxy) is 2. The fraction of sp³-hybridized carbons (Fsp3) is 0.600. The van der Waals surface area contributed by atoms with Crippen LogP contribution in [0.1, 0.15) is 26.7 Å². The summed E-state index contributed by atoms with van der Waals surface area (Å²) in [7, 11) is 0. The second-order valence-electron chi connectivity index (χ2n) is 4.85. The van der Waals surface area contributed by atoms with Gasteiger partial charge < -0.3 is 14.8 Å². The molecule has 1 aromatic carbocycles. The molecule has 0 aromatic heterocycles. The van der Waals surface area contributed by atoms with Gasteiger partial charge in [-0.2, -0.15) is 0 Å². The van der Waals surface area contributed by atoms with Crippen molar-refractivity contribution < 1.29 is 9.47 Å². The molecule has 106 valence electrons. The van der Waals surface area contributed by atoms with Crippen molar-refractivity contribution in [3.8, 4) is 5.75 Å². The van der Waals surface area contributed by atoms with Gasteiger partial charge in [-0.25, -0.2) is 0 Å². The lowest BCUT2D eigenvalue weighted by Gasteiger charge is -2.44. The van der Waals surface area contributed by atoms with E-state index in [0.717, 1.165) is 31.7 Å². The average Bonchev–Trinajstić information content (AvgIpc) is 2.40. The lowest BCUT2D eigenvalue weighted by Crippen LogP contribution is -2.61. The van der Waals surface area contributed by atoms with Gasteiger partial charge in [0.05, 0.1) is 0 Å². The minimum atomic E-state index is 0.177. The van der Waals surface area contributed by atoms with Crippen molar-refractivity contribution in [3.63, 3.8) is 0 Å². The molecular formula is C15H22INO2. The van der Waals surface area contributed by atoms with E-state index >= 15 is 0 Å². The Morgan fingerprint density at radius 3 is 2.63 bits per heavy atom. The molecule has 0 aliphatic heterocycles. The lowest BCUT2D eigenvalue weighted by molar-refractivity contribution is -0.107. The molecule has 1 aromatic rings. The average molecular weight is 375 g/mol. The number of benzene rings is 1. The minimum absolute atomic E-state index is 0.177. The highest BCUT2D eigenvalue weighted by atomic mass is 127. The quantitative estimate of drug-likeness (QED) is 0.743. The fourth-order valence-electron chi connectivity index (χ4n) is 2.32. The Balaban J connectivity index is 1.90. The zero-order valence-electron chi connectivity index (χ0n) is 11.6. The molecule has 1 aliphatic carbocycles. The fourth-order valence-corrected chi connectivity index (χ4v) is 2.68. The SMILES string of the molecule is CCCOC1C(NCC)CC1Oc1ccc(I)cc1. The number of halogens is 1. The molecular weight excluding hydrogens is 353 g/mol. The number of hydrogen-bond donors (Lipinski definition) is 1. The maximum atomic E-state index is 6.02. The molecule has 1 N–H and O–H groups in total. The van der Waals surface area contributed by atoms with Gasteiger partial charge in [-0.1, -0.05) is 13.8 Å². The summed E-state index contributed by atoms with van der Waals surface area (Å²) in [6.45, 7) is 6.05. The third-order valence-corrected chi connectivity index (χ3v) is 4.05. The molecule has 0 heterocycles. The van der Waals surface area contributed by atoms with E-state index in [-0.39, 0.29) is 12.2 Å². The summed E-state index contributed by atoms with van der Waals surface area (Å²) in [4.78, 5) is 0. The van der Waals surface area contributed by atoms with Crippen molar-refractivity contribution in [2.45, 2.75) is 44.9 Å². The molecule has 0 radical (unpaired) electrons. The Labute approximate surface area is 129 Å². The van der Waals surface area contributed by atoms with Crippen LogP contribution in [-0.2, 0) is 4.74 Å². The van der Waals surface area contributed by atoms with Gasteiger partial charge in [0.25, 0.3) is 0 Å². The first-order valence-corrected chi connectivity index (χ1v) is 8.09. The smallest absolute Gasteiger partial charge is 0.128 e. The van der Waals surface area contributed by atoms with Crippen molar-refractivity contribution in [1.82, 2.24) is 5.32 Å². The third-order valence-electron chi connectivity index (χ3n) is 3.33. The molecule has 4 heteroatoms. The Bertz CT molecular complexity index is 382. The van der Waals surface area contributed by atoms with Crippen LogP contribution in [0.3, 0.4) is 0 Å². The lowest BCUT2D eigenvalue weighted by atomic mass is 9.85. The Morgan fingerprint density at radius 1 is 1.26 bits per heavy atom. The molecule has 19 heavy (non-hydrogen) atoms. The van der Waals surface area contributed by atoms with E-state index in [4.69, 9.17) is 9.47 Å². The molecule has 0 bridgehead atoms. The topological polar surface area (TPSA) is 30.5 Å². The Morgan fingerprint density at radius 2 is 2.00 bits per heavy atom. The van der Waals surface area contributed by atoms with Gasteiger partial charge >= 0.3 is 0 Å². The van der Waals surface area contributed by atoms with Gasteiger partial charge in [0, 0.05) is 22.6 Å². The van der Waals surface area contributed by atoms with Crippen LogP contribution in [0, 0.1) is 3.57 Å². The predicted octanol–water partition coefficient (Wildman–Crippen LogP) is 3.22. The molecule has 0 amide bonds. The maximum Gasteiger partial charge on any atom is 0.128 e. The molecule has 1 fully saturated rings. The summed E-state index contributed by atoms with van der Waals surface area (Å²) in [5, 5.41) is 3.46. The molecule has 0 saturated heterocycles. The monoisotopic (exact) mass is 375 g/mol. The van der Waals surface area contributed by atoms with Crippen LogP contribution in [-0.4, -0.2) is 31.4 Å². The Kier molecular flexibility index (Phi) is 5.91. The van der Waals surface area contributed by atoms with Crippen LogP contribution >= 0.6 is 22.6 Å². The van der Waals surface area contributed by atoms with Crippen LogP contribution in [0.5, 0.6) is 5.75 Å². The van der Waals surface area contributed by atoms with Crippen molar-refractivity contribution in [1.29, 1.82) is 0 Å². The third kappa shape index (κ3) is 4.07. The normalized spacial score (nSPS) is 25.9. The molecule has 1 aliphatic rings. The van der Waals surface area contributed by atoms with Crippen molar-refractivity contribution >= 4 is 22.6 Å². The molecule has 1 saturated carbocycles. The van der Waals surface area contributed by atoms with E-state index < -0.39 is 0 Å². The molecule has 3 unspecified atom stereocenters. The van der Waals surface area contributed by atoms with Gasteiger partial charge in [0.15, 0.2) is 0 Å². The zero-order valence-corrected chi connectivity index (χ0v) is 13.7. The van der Waals surface area contributed by atoms with Gasteiger partial charge in [0.2, 0.25) is 0 Å². The number of likely N-dealkylation sites (N-methyl/N-ethyl adjacent to an activating group) is 1. The van der Waals surface area contributed by atoms with E-state index in [1.54, 1.807) is 0 Å². The highest BCUT2D eigenvalue weighted by molar-refractivity contribution is 14.1. The summed E-state index contributed by atoms with van der Waals surface area (Å²) < 4.78 is 13.2. The molecule has 3 nitrogen and oxygen atoms in total. The van der Waals surface area contributed by atoms with E-state index in [2.05, 4.69) is 53.9 Å². The standard InChI is InChI=1S/C15H22INO2/c1-3-9-18-15-13(17-4-2)10-14(15)19-12-7-5-11(16)6-8-12/h5-8,13-15,17H,3-4,9-10H2,1-2H3. The second kappa shape index (κ2) is 7.45. The number of nitrogens with one attached hydrogen (secondary N) is 1. The van der Waals surface area contributed by atoms with Crippen LogP contribution in [0.25, 0.3) is 0 Å². The van der Waals surface area contributed by atoms with E-state index in [9.17, 15) is 0 Å². The highest BCUT2D eigenvalue weighted by Crippen LogP contribution is 2.29. The van der Waals surface area contributed by atoms with Gasteiger partial charge in [-0.15, -0.1) is 0 Å². The van der Waals surface area contributed by atoms with Crippen molar-refractivity contribution in [3.05, 3.63) is 27.8 Å². The van der Waals surface area contributed by atoms with Gasteiger partial charge in [-0.05, 0) is 59.8 Å². The van der Waals surface area contributed by atoms with Crippen molar-refractivity contribution in [2.75, 3.05) is 13.2 Å². The number of hydrogen-bond acceptors (Lipinski definition) is 3. The second-order valence-corrected chi connectivity index (χ2v) is 6.09. The Hall–Kier alpha value is -0.330. The highest BCUT2D eigenvalue weighted by Gasteiger charge is 2.43. The van der Waals surface area contributed by atoms with Crippen LogP contribution in [0.4, 0.5) is 0 Å².